The lowest BCUT2D eigenvalue weighted by atomic mass is 9.79. The Kier molecular flexibility index (Phi) is 6.94. The van der Waals surface area contributed by atoms with Crippen molar-refractivity contribution in [3.8, 4) is 0 Å². The minimum absolute atomic E-state index is 0.0761. The molecule has 4 heteroatoms. The van der Waals surface area contributed by atoms with E-state index < -0.39 is 17.5 Å². The maximum Gasteiger partial charge on any atom is 0.314 e. The first kappa shape index (κ1) is 21.4. The van der Waals surface area contributed by atoms with Crippen molar-refractivity contribution < 1.29 is 19.4 Å². The fourth-order valence-corrected chi connectivity index (χ4v) is 4.63. The summed E-state index contributed by atoms with van der Waals surface area (Å²) in [6.45, 7) is 4.28. The van der Waals surface area contributed by atoms with Crippen LogP contribution >= 0.6 is 0 Å². The smallest absolute Gasteiger partial charge is 0.314 e. The van der Waals surface area contributed by atoms with Crippen molar-refractivity contribution in [3.05, 3.63) is 59.7 Å². The molecule has 1 fully saturated rings. The van der Waals surface area contributed by atoms with Crippen molar-refractivity contribution in [2.24, 2.45) is 17.8 Å². The van der Waals surface area contributed by atoms with E-state index in [1.807, 2.05) is 24.3 Å². The molecule has 0 amide bonds. The summed E-state index contributed by atoms with van der Waals surface area (Å²) in [5, 5.41) is 9.32. The van der Waals surface area contributed by atoms with Crippen LogP contribution in [-0.4, -0.2) is 17.0 Å². The summed E-state index contributed by atoms with van der Waals surface area (Å²) in [7, 11) is 0. The average Bonchev–Trinajstić information content (AvgIpc) is 2.74. The quantitative estimate of drug-likeness (QED) is 0.494. The first-order valence-corrected chi connectivity index (χ1v) is 10.9. The molecule has 0 unspecified atom stereocenters. The van der Waals surface area contributed by atoms with Crippen LogP contribution in [0.4, 0.5) is 0 Å². The molecule has 0 heterocycles. The van der Waals surface area contributed by atoms with Crippen LogP contribution in [0.5, 0.6) is 0 Å². The third-order valence-electron chi connectivity index (χ3n) is 6.35. The van der Waals surface area contributed by atoms with Crippen LogP contribution in [0.1, 0.15) is 63.5 Å². The normalized spacial score (nSPS) is 28.8. The van der Waals surface area contributed by atoms with Gasteiger partial charge in [-0.2, -0.15) is 0 Å². The third kappa shape index (κ3) is 4.80. The van der Waals surface area contributed by atoms with Gasteiger partial charge < -0.3 is 9.84 Å². The van der Waals surface area contributed by atoms with Crippen molar-refractivity contribution in [1.29, 1.82) is 0 Å². The van der Waals surface area contributed by atoms with Crippen LogP contribution in [0, 0.1) is 17.8 Å². The van der Waals surface area contributed by atoms with E-state index in [4.69, 9.17) is 4.74 Å². The lowest BCUT2D eigenvalue weighted by Crippen LogP contribution is -2.35. The molecule has 0 bridgehead atoms. The molecule has 4 nitrogen and oxygen atoms in total. The van der Waals surface area contributed by atoms with Gasteiger partial charge in [-0.15, -0.1) is 0 Å². The Hall–Kier alpha value is -2.36. The van der Waals surface area contributed by atoms with Gasteiger partial charge in [0.05, 0.1) is 11.8 Å². The zero-order chi connectivity index (χ0) is 20.9. The molecule has 1 N–H and O–H groups in total. The molecular formula is C25H32O4. The van der Waals surface area contributed by atoms with E-state index >= 15 is 0 Å². The Labute approximate surface area is 173 Å². The standard InChI is InChI=1S/C25H32O4/c1-3-7-18-10-12-21(13-11-18)24(28)29-25(16-14-20(15-17-25)23(26)27)22-9-6-5-8-19(22)4-2/h5-6,8-9,14-18,20-21H,3-4,7,10-13H2,1-2H3,(H,26,27). The van der Waals surface area contributed by atoms with Crippen molar-refractivity contribution in [2.75, 3.05) is 0 Å². The Bertz CT molecular complexity index is 770. The molecule has 1 aromatic carbocycles. The summed E-state index contributed by atoms with van der Waals surface area (Å²) in [5.74, 6) is -1.12. The minimum atomic E-state index is -1.03. The number of carboxylic acid groups (broad SMARTS) is 1. The van der Waals surface area contributed by atoms with Gasteiger partial charge in [-0.3, -0.25) is 9.59 Å². The average molecular weight is 397 g/mol. The molecule has 3 rings (SSSR count). The maximum atomic E-state index is 13.1. The van der Waals surface area contributed by atoms with Gasteiger partial charge in [0.15, 0.2) is 5.60 Å². The number of carbonyl (C=O) groups is 2. The molecule has 2 aliphatic carbocycles. The van der Waals surface area contributed by atoms with Crippen molar-refractivity contribution in [3.63, 3.8) is 0 Å². The molecule has 1 aromatic rings. The molecule has 0 spiro atoms. The summed E-state index contributed by atoms with van der Waals surface area (Å²) in [6.07, 6.45) is 13.9. The van der Waals surface area contributed by atoms with Crippen LogP contribution < -0.4 is 0 Å². The second-order valence-corrected chi connectivity index (χ2v) is 8.31. The van der Waals surface area contributed by atoms with Crippen LogP contribution in [0.2, 0.25) is 0 Å². The molecule has 1 saturated carbocycles. The molecule has 0 aliphatic heterocycles. The number of rotatable bonds is 7. The second kappa shape index (κ2) is 9.43. The molecule has 0 saturated heterocycles. The van der Waals surface area contributed by atoms with Crippen LogP contribution in [0.15, 0.2) is 48.6 Å². The predicted molar refractivity (Wildman–Crippen MR) is 113 cm³/mol. The fourth-order valence-electron chi connectivity index (χ4n) is 4.63. The van der Waals surface area contributed by atoms with Gasteiger partial charge >= 0.3 is 11.9 Å². The number of aliphatic carboxylic acids is 1. The maximum absolute atomic E-state index is 13.1. The van der Waals surface area contributed by atoms with Gasteiger partial charge in [-0.05, 0) is 55.7 Å². The van der Waals surface area contributed by atoms with E-state index in [9.17, 15) is 14.7 Å². The summed E-state index contributed by atoms with van der Waals surface area (Å²) < 4.78 is 6.16. The van der Waals surface area contributed by atoms with Crippen molar-refractivity contribution >= 4 is 11.9 Å². The van der Waals surface area contributed by atoms with E-state index in [2.05, 4.69) is 13.8 Å². The predicted octanol–water partition coefficient (Wildman–Crippen LogP) is 5.42. The molecule has 0 atom stereocenters. The summed E-state index contributed by atoms with van der Waals surface area (Å²) >= 11 is 0. The van der Waals surface area contributed by atoms with E-state index in [-0.39, 0.29) is 11.9 Å². The largest absolute Gasteiger partial charge is 0.481 e. The van der Waals surface area contributed by atoms with Crippen molar-refractivity contribution in [1.82, 2.24) is 0 Å². The summed E-state index contributed by atoms with van der Waals surface area (Å²) in [4.78, 5) is 24.5. The Morgan fingerprint density at radius 1 is 1.07 bits per heavy atom. The minimum Gasteiger partial charge on any atom is -0.481 e. The number of benzene rings is 1. The van der Waals surface area contributed by atoms with Crippen LogP contribution in [0.25, 0.3) is 0 Å². The zero-order valence-electron chi connectivity index (χ0n) is 17.5. The molecular weight excluding hydrogens is 364 g/mol. The number of esters is 1. The zero-order valence-corrected chi connectivity index (χ0v) is 17.5. The first-order valence-electron chi connectivity index (χ1n) is 10.9. The number of ether oxygens (including phenoxy) is 1. The van der Waals surface area contributed by atoms with Crippen molar-refractivity contribution in [2.45, 2.75) is 64.4 Å². The SMILES string of the molecule is CCCC1CCC(C(=O)OC2(c3ccccc3CC)C=CC(C(=O)O)C=C2)CC1. The van der Waals surface area contributed by atoms with E-state index in [1.54, 1.807) is 24.3 Å². The van der Waals surface area contributed by atoms with Crippen LogP contribution in [-0.2, 0) is 26.3 Å². The topological polar surface area (TPSA) is 63.6 Å². The Balaban J connectivity index is 1.84. The van der Waals surface area contributed by atoms with E-state index in [1.165, 1.54) is 12.8 Å². The van der Waals surface area contributed by atoms with Gasteiger partial charge in [-0.25, -0.2) is 0 Å². The molecule has 2 aliphatic rings. The number of hydrogen-bond acceptors (Lipinski definition) is 3. The lowest BCUT2D eigenvalue weighted by Gasteiger charge is -2.35. The second-order valence-electron chi connectivity index (χ2n) is 8.31. The number of hydrogen-bond donors (Lipinski definition) is 1. The highest BCUT2D eigenvalue weighted by molar-refractivity contribution is 5.76. The van der Waals surface area contributed by atoms with Gasteiger partial charge in [0.25, 0.3) is 0 Å². The highest BCUT2D eigenvalue weighted by Gasteiger charge is 2.38. The number of carbonyl (C=O) groups excluding carboxylic acids is 1. The summed E-state index contributed by atoms with van der Waals surface area (Å²) in [6, 6.07) is 7.92. The highest BCUT2D eigenvalue weighted by Crippen LogP contribution is 2.39. The first-order chi connectivity index (χ1) is 14.0. The van der Waals surface area contributed by atoms with E-state index in [0.717, 1.165) is 49.1 Å². The van der Waals surface area contributed by atoms with Gasteiger partial charge in [0.1, 0.15) is 0 Å². The van der Waals surface area contributed by atoms with E-state index in [0.29, 0.717) is 0 Å². The molecule has 0 radical (unpaired) electrons. The molecule has 156 valence electrons. The molecule has 29 heavy (non-hydrogen) atoms. The monoisotopic (exact) mass is 396 g/mol. The Morgan fingerprint density at radius 2 is 1.72 bits per heavy atom. The number of aryl methyl sites for hydroxylation is 1. The lowest BCUT2D eigenvalue weighted by molar-refractivity contribution is -0.159. The third-order valence-corrected chi connectivity index (χ3v) is 6.35. The highest BCUT2D eigenvalue weighted by atomic mass is 16.6. The molecule has 0 aromatic heterocycles. The number of carboxylic acids is 1. The van der Waals surface area contributed by atoms with Gasteiger partial charge in [0.2, 0.25) is 0 Å². The van der Waals surface area contributed by atoms with Gasteiger partial charge in [0, 0.05) is 5.56 Å². The Morgan fingerprint density at radius 3 is 2.31 bits per heavy atom. The van der Waals surface area contributed by atoms with Gasteiger partial charge in [-0.1, -0.05) is 63.1 Å². The summed E-state index contributed by atoms with van der Waals surface area (Å²) in [5.41, 5.74) is 0.970. The van der Waals surface area contributed by atoms with Crippen LogP contribution in [0.3, 0.4) is 0 Å². The fraction of sp³-hybridized carbons (Fsp3) is 0.520.